The number of carbonyl (C=O) groups excluding carboxylic acids is 1. The van der Waals surface area contributed by atoms with Crippen LogP contribution in [0.3, 0.4) is 0 Å². The van der Waals surface area contributed by atoms with Crippen LogP contribution in [0.25, 0.3) is 22.4 Å². The molecule has 0 saturated heterocycles. The number of fused-ring (bicyclic) bond motifs is 1. The van der Waals surface area contributed by atoms with Crippen LogP contribution in [0.1, 0.15) is 11.1 Å². The van der Waals surface area contributed by atoms with E-state index in [4.69, 9.17) is 9.47 Å². The fraction of sp³-hybridized carbons (Fsp3) is 0.167. The lowest BCUT2D eigenvalue weighted by molar-refractivity contribution is -0.115. The number of nitrogens with zero attached hydrogens (tertiary/aromatic N) is 1. The van der Waals surface area contributed by atoms with Gasteiger partial charge < -0.3 is 19.8 Å². The molecular weight excluding hydrogens is 378 g/mol. The Morgan fingerprint density at radius 3 is 2.63 bits per heavy atom. The number of carbonyl (C=O) groups is 1. The predicted molar refractivity (Wildman–Crippen MR) is 118 cm³/mol. The minimum atomic E-state index is -0.111. The first-order chi connectivity index (χ1) is 14.6. The number of aryl methyl sites for hydroxylation is 1. The van der Waals surface area contributed by atoms with Gasteiger partial charge in [0.15, 0.2) is 11.5 Å². The Hall–Kier alpha value is -3.80. The molecule has 0 fully saturated rings. The van der Waals surface area contributed by atoms with Crippen LogP contribution in [0.15, 0.2) is 60.7 Å². The van der Waals surface area contributed by atoms with Gasteiger partial charge in [0.25, 0.3) is 0 Å². The van der Waals surface area contributed by atoms with Gasteiger partial charge in [-0.25, -0.2) is 4.98 Å². The molecule has 0 atom stereocenters. The van der Waals surface area contributed by atoms with Crippen molar-refractivity contribution in [3.63, 3.8) is 0 Å². The summed E-state index contributed by atoms with van der Waals surface area (Å²) in [6, 6.07) is 19.2. The number of nitrogens with one attached hydrogen (secondary N) is 2. The third-order valence-corrected chi connectivity index (χ3v) is 4.87. The van der Waals surface area contributed by atoms with Gasteiger partial charge in [0.1, 0.15) is 5.82 Å². The van der Waals surface area contributed by atoms with E-state index < -0.39 is 0 Å². The van der Waals surface area contributed by atoms with Crippen molar-refractivity contribution in [2.45, 2.75) is 13.3 Å². The number of anilines is 1. The van der Waals surface area contributed by atoms with E-state index in [0.717, 1.165) is 33.7 Å². The van der Waals surface area contributed by atoms with Crippen molar-refractivity contribution in [3.8, 4) is 22.9 Å². The van der Waals surface area contributed by atoms with Crippen molar-refractivity contribution in [3.05, 3.63) is 71.8 Å². The monoisotopic (exact) mass is 401 g/mol. The number of H-pyrrole nitrogens is 1. The molecule has 2 N–H and O–H groups in total. The van der Waals surface area contributed by atoms with Gasteiger partial charge in [-0.15, -0.1) is 0 Å². The maximum Gasteiger partial charge on any atom is 0.228 e. The zero-order chi connectivity index (χ0) is 21.1. The quantitative estimate of drug-likeness (QED) is 0.489. The van der Waals surface area contributed by atoms with Crippen molar-refractivity contribution in [1.29, 1.82) is 0 Å². The zero-order valence-corrected chi connectivity index (χ0v) is 17.2. The Bertz CT molecular complexity index is 1210. The maximum absolute atomic E-state index is 12.6. The molecule has 0 radical (unpaired) electrons. The lowest BCUT2D eigenvalue weighted by atomic mass is 10.1. The first-order valence-corrected chi connectivity index (χ1v) is 9.63. The number of aromatic nitrogens is 2. The van der Waals surface area contributed by atoms with E-state index in [1.807, 2.05) is 48.5 Å². The highest BCUT2D eigenvalue weighted by atomic mass is 16.5. The van der Waals surface area contributed by atoms with E-state index in [-0.39, 0.29) is 12.3 Å². The number of ether oxygens (including phenoxy) is 2. The molecule has 1 heterocycles. The summed E-state index contributed by atoms with van der Waals surface area (Å²) < 4.78 is 10.5. The molecule has 0 aliphatic carbocycles. The molecule has 0 aliphatic heterocycles. The molecule has 0 unspecified atom stereocenters. The van der Waals surface area contributed by atoms with Gasteiger partial charge >= 0.3 is 0 Å². The van der Waals surface area contributed by atoms with Crippen LogP contribution in [-0.2, 0) is 11.2 Å². The minimum absolute atomic E-state index is 0.111. The number of aromatic amines is 1. The molecule has 0 aliphatic rings. The number of imidazole rings is 1. The highest BCUT2D eigenvalue weighted by molar-refractivity contribution is 5.93. The average Bonchev–Trinajstić information content (AvgIpc) is 3.17. The molecule has 4 aromatic rings. The molecule has 6 nitrogen and oxygen atoms in total. The molecule has 3 aromatic carbocycles. The second-order valence-electron chi connectivity index (χ2n) is 7.10. The summed E-state index contributed by atoms with van der Waals surface area (Å²) in [7, 11) is 3.16. The topological polar surface area (TPSA) is 76.2 Å². The molecule has 0 saturated carbocycles. The van der Waals surface area contributed by atoms with Crippen LogP contribution < -0.4 is 14.8 Å². The van der Waals surface area contributed by atoms with Crippen molar-refractivity contribution >= 4 is 22.6 Å². The average molecular weight is 401 g/mol. The Morgan fingerprint density at radius 2 is 1.83 bits per heavy atom. The summed E-state index contributed by atoms with van der Waals surface area (Å²) in [5.74, 6) is 1.89. The normalized spacial score (nSPS) is 10.8. The van der Waals surface area contributed by atoms with Gasteiger partial charge in [-0.1, -0.05) is 24.3 Å². The minimum Gasteiger partial charge on any atom is -0.493 e. The van der Waals surface area contributed by atoms with Crippen LogP contribution in [0.4, 0.5) is 5.69 Å². The van der Waals surface area contributed by atoms with Crippen LogP contribution >= 0.6 is 0 Å². The number of rotatable bonds is 6. The molecule has 0 bridgehead atoms. The third-order valence-electron chi connectivity index (χ3n) is 4.87. The lowest BCUT2D eigenvalue weighted by Crippen LogP contribution is -2.14. The number of benzene rings is 3. The fourth-order valence-corrected chi connectivity index (χ4v) is 3.39. The van der Waals surface area contributed by atoms with E-state index >= 15 is 0 Å². The number of amides is 1. The maximum atomic E-state index is 12.6. The molecule has 1 aromatic heterocycles. The van der Waals surface area contributed by atoms with Gasteiger partial charge in [-0.2, -0.15) is 0 Å². The van der Waals surface area contributed by atoms with Crippen molar-refractivity contribution in [2.24, 2.45) is 0 Å². The summed E-state index contributed by atoms with van der Waals surface area (Å²) in [6.45, 7) is 2.05. The summed E-state index contributed by atoms with van der Waals surface area (Å²) in [5.41, 5.74) is 5.55. The standard InChI is InChI=1S/C24H23N3O3/c1-15-7-9-19-20(11-15)27-24(26-19)17-5-4-6-18(14-17)25-23(28)13-16-8-10-21(29-2)22(12-16)30-3/h4-12,14H,13H2,1-3H3,(H,25,28)(H,26,27). The first-order valence-electron chi connectivity index (χ1n) is 9.63. The molecule has 4 rings (SSSR count). The van der Waals surface area contributed by atoms with Crippen molar-refractivity contribution in [1.82, 2.24) is 9.97 Å². The molecule has 152 valence electrons. The molecular formula is C24H23N3O3. The molecule has 6 heteroatoms. The smallest absolute Gasteiger partial charge is 0.228 e. The van der Waals surface area contributed by atoms with E-state index in [1.165, 1.54) is 5.56 Å². The van der Waals surface area contributed by atoms with Crippen molar-refractivity contribution in [2.75, 3.05) is 19.5 Å². The van der Waals surface area contributed by atoms with E-state index in [1.54, 1.807) is 20.3 Å². The van der Waals surface area contributed by atoms with Gasteiger partial charge in [0.05, 0.1) is 31.7 Å². The third kappa shape index (κ3) is 4.12. The Morgan fingerprint density at radius 1 is 1.00 bits per heavy atom. The van der Waals surface area contributed by atoms with Gasteiger partial charge in [0, 0.05) is 11.3 Å². The summed E-state index contributed by atoms with van der Waals surface area (Å²) in [6.07, 6.45) is 0.231. The zero-order valence-electron chi connectivity index (χ0n) is 17.2. The Labute approximate surface area is 174 Å². The second-order valence-corrected chi connectivity index (χ2v) is 7.10. The number of hydrogen-bond donors (Lipinski definition) is 2. The summed E-state index contributed by atoms with van der Waals surface area (Å²) in [5, 5.41) is 2.96. The van der Waals surface area contributed by atoms with E-state index in [0.29, 0.717) is 11.5 Å². The van der Waals surface area contributed by atoms with Crippen LogP contribution in [-0.4, -0.2) is 30.1 Å². The highest BCUT2D eigenvalue weighted by Gasteiger charge is 2.10. The van der Waals surface area contributed by atoms with Crippen molar-refractivity contribution < 1.29 is 14.3 Å². The SMILES string of the molecule is COc1ccc(CC(=O)Nc2cccc(-c3nc4ccc(C)cc4[nH]3)c2)cc1OC. The second kappa shape index (κ2) is 8.29. The predicted octanol–water partition coefficient (Wildman–Crippen LogP) is 4.74. The number of hydrogen-bond acceptors (Lipinski definition) is 4. The fourth-order valence-electron chi connectivity index (χ4n) is 3.39. The van der Waals surface area contributed by atoms with Crippen LogP contribution in [0.2, 0.25) is 0 Å². The summed E-state index contributed by atoms with van der Waals surface area (Å²) in [4.78, 5) is 20.6. The van der Waals surface area contributed by atoms with E-state index in [2.05, 4.69) is 28.3 Å². The van der Waals surface area contributed by atoms with Gasteiger partial charge in [-0.05, 0) is 54.4 Å². The summed E-state index contributed by atoms with van der Waals surface area (Å²) >= 11 is 0. The van der Waals surface area contributed by atoms with Gasteiger partial charge in [-0.3, -0.25) is 4.79 Å². The Kier molecular flexibility index (Phi) is 5.39. The highest BCUT2D eigenvalue weighted by Crippen LogP contribution is 2.28. The molecule has 30 heavy (non-hydrogen) atoms. The van der Waals surface area contributed by atoms with Crippen LogP contribution in [0.5, 0.6) is 11.5 Å². The van der Waals surface area contributed by atoms with Gasteiger partial charge in [0.2, 0.25) is 5.91 Å². The van der Waals surface area contributed by atoms with Crippen LogP contribution in [0, 0.1) is 6.92 Å². The molecule has 1 amide bonds. The number of methoxy groups -OCH3 is 2. The lowest BCUT2D eigenvalue weighted by Gasteiger charge is -2.10. The Balaban J connectivity index is 1.50. The van der Waals surface area contributed by atoms with E-state index in [9.17, 15) is 4.79 Å². The molecule has 0 spiro atoms. The first kappa shape index (κ1) is 19.5. The largest absolute Gasteiger partial charge is 0.493 e.